The molecule has 188 valence electrons. The Bertz CT molecular complexity index is 1410. The number of nitrogens with zero attached hydrogens (tertiary/aromatic N) is 1. The maximum Gasteiger partial charge on any atom is 0.331 e. The van der Waals surface area contributed by atoms with Gasteiger partial charge >= 0.3 is 5.97 Å². The van der Waals surface area contributed by atoms with Crippen molar-refractivity contribution in [3.8, 4) is 11.5 Å². The number of imide groups is 1. The number of hydrogen-bond donors (Lipinski definition) is 1. The minimum Gasteiger partial charge on any atom is -0.464 e. The van der Waals surface area contributed by atoms with Crippen LogP contribution >= 0.6 is 0 Å². The lowest BCUT2D eigenvalue weighted by atomic mass is 9.75. The Morgan fingerprint density at radius 3 is 2.49 bits per heavy atom. The number of ether oxygens (including phenoxy) is 3. The van der Waals surface area contributed by atoms with Crippen LogP contribution in [0, 0.1) is 18.8 Å². The topological polar surface area (TPSA) is 94.2 Å². The van der Waals surface area contributed by atoms with Gasteiger partial charge in [0.05, 0.1) is 24.1 Å². The van der Waals surface area contributed by atoms with Crippen molar-refractivity contribution in [2.45, 2.75) is 25.4 Å². The van der Waals surface area contributed by atoms with E-state index in [1.807, 2.05) is 49.4 Å². The number of aryl methyl sites for hydroxylation is 1. The van der Waals surface area contributed by atoms with E-state index in [1.165, 1.54) is 4.90 Å². The van der Waals surface area contributed by atoms with E-state index in [9.17, 15) is 14.4 Å². The number of fused-ring (bicyclic) bond motifs is 2. The summed E-state index contributed by atoms with van der Waals surface area (Å²) < 4.78 is 16.5. The normalized spacial score (nSPS) is 25.9. The van der Waals surface area contributed by atoms with Crippen molar-refractivity contribution < 1.29 is 28.6 Å². The summed E-state index contributed by atoms with van der Waals surface area (Å²) in [7, 11) is 0. The molecule has 0 aromatic heterocycles. The Morgan fingerprint density at radius 1 is 1.00 bits per heavy atom. The fourth-order valence-electron chi connectivity index (χ4n) is 5.91. The molecule has 0 bridgehead atoms. The molecule has 37 heavy (non-hydrogen) atoms. The van der Waals surface area contributed by atoms with Crippen molar-refractivity contribution in [1.29, 1.82) is 0 Å². The van der Waals surface area contributed by atoms with Crippen LogP contribution in [0.25, 0.3) is 0 Å². The van der Waals surface area contributed by atoms with Crippen LogP contribution in [-0.4, -0.2) is 31.2 Å². The number of hydrogen-bond acceptors (Lipinski definition) is 7. The molecule has 0 saturated carbocycles. The van der Waals surface area contributed by atoms with Crippen LogP contribution in [0.4, 0.5) is 5.69 Å². The van der Waals surface area contributed by atoms with Gasteiger partial charge in [0.15, 0.2) is 17.0 Å². The van der Waals surface area contributed by atoms with Crippen LogP contribution in [0.15, 0.2) is 72.8 Å². The molecule has 6 rings (SSSR count). The fraction of sp³-hybridized carbons (Fsp3) is 0.276. The molecular weight excluding hydrogens is 472 g/mol. The van der Waals surface area contributed by atoms with Gasteiger partial charge in [-0.3, -0.25) is 14.9 Å². The van der Waals surface area contributed by atoms with E-state index in [4.69, 9.17) is 14.2 Å². The van der Waals surface area contributed by atoms with E-state index in [0.29, 0.717) is 22.7 Å². The summed E-state index contributed by atoms with van der Waals surface area (Å²) in [6.45, 7) is 3.89. The first kappa shape index (κ1) is 23.2. The van der Waals surface area contributed by atoms with Gasteiger partial charge in [-0.1, -0.05) is 54.6 Å². The van der Waals surface area contributed by atoms with Gasteiger partial charge in [-0.05, 0) is 42.7 Å². The monoisotopic (exact) mass is 498 g/mol. The molecule has 3 aromatic rings. The Labute approximate surface area is 214 Å². The summed E-state index contributed by atoms with van der Waals surface area (Å²) in [6, 6.07) is 21.1. The highest BCUT2D eigenvalue weighted by molar-refractivity contribution is 6.24. The third-order valence-electron chi connectivity index (χ3n) is 7.52. The number of anilines is 1. The average molecular weight is 499 g/mol. The zero-order chi connectivity index (χ0) is 25.7. The number of nitrogens with one attached hydrogen (secondary N) is 1. The maximum atomic E-state index is 14.2. The predicted octanol–water partition coefficient (Wildman–Crippen LogP) is 3.63. The van der Waals surface area contributed by atoms with Gasteiger partial charge in [-0.25, -0.2) is 9.69 Å². The molecule has 2 saturated heterocycles. The van der Waals surface area contributed by atoms with E-state index >= 15 is 0 Å². The van der Waals surface area contributed by atoms with Crippen molar-refractivity contribution >= 4 is 23.5 Å². The molecule has 3 aliphatic rings. The highest BCUT2D eigenvalue weighted by atomic mass is 16.7. The molecule has 0 spiro atoms. The van der Waals surface area contributed by atoms with Crippen molar-refractivity contribution in [2.75, 3.05) is 18.3 Å². The van der Waals surface area contributed by atoms with Crippen LogP contribution in [-0.2, 0) is 24.7 Å². The van der Waals surface area contributed by atoms with Crippen LogP contribution in [0.2, 0.25) is 0 Å². The number of rotatable bonds is 5. The molecule has 0 aliphatic carbocycles. The van der Waals surface area contributed by atoms with E-state index in [0.717, 1.165) is 11.1 Å². The standard InChI is InChI=1S/C29H26N2O6/c1-3-35-28(34)29(18-10-5-4-6-11-18)24-23(25(30-29)20-12-8-7-9-17(20)2)26(32)31(27(24)33)19-13-14-21-22(15-19)37-16-36-21/h4-15,23-25,30H,3,16H2,1-2H3/t23-,24+,25-,29+/m0/s1. The highest BCUT2D eigenvalue weighted by Crippen LogP contribution is 2.54. The molecule has 0 unspecified atom stereocenters. The van der Waals surface area contributed by atoms with Gasteiger partial charge in [-0.15, -0.1) is 0 Å². The zero-order valence-electron chi connectivity index (χ0n) is 20.5. The molecule has 3 aliphatic heterocycles. The third kappa shape index (κ3) is 3.36. The number of amides is 2. The van der Waals surface area contributed by atoms with E-state index in [-0.39, 0.29) is 19.3 Å². The molecule has 1 N–H and O–H groups in total. The minimum atomic E-state index is -1.55. The summed E-state index contributed by atoms with van der Waals surface area (Å²) in [4.78, 5) is 43.4. The summed E-state index contributed by atoms with van der Waals surface area (Å²) in [5, 5.41) is 3.45. The zero-order valence-corrected chi connectivity index (χ0v) is 20.5. The second kappa shape index (κ2) is 8.74. The van der Waals surface area contributed by atoms with Crippen molar-refractivity contribution in [3.05, 3.63) is 89.5 Å². The van der Waals surface area contributed by atoms with E-state index in [1.54, 1.807) is 37.3 Å². The average Bonchev–Trinajstić information content (AvgIpc) is 3.59. The lowest BCUT2D eigenvalue weighted by Crippen LogP contribution is -2.54. The van der Waals surface area contributed by atoms with Gasteiger partial charge in [-0.2, -0.15) is 0 Å². The smallest absolute Gasteiger partial charge is 0.331 e. The third-order valence-corrected chi connectivity index (χ3v) is 7.52. The highest BCUT2D eigenvalue weighted by Gasteiger charge is 2.70. The Kier molecular flexibility index (Phi) is 5.49. The largest absolute Gasteiger partial charge is 0.464 e. The summed E-state index contributed by atoms with van der Waals surface area (Å²) in [6.07, 6.45) is 0. The summed E-state index contributed by atoms with van der Waals surface area (Å²) >= 11 is 0. The molecule has 0 radical (unpaired) electrons. The molecule has 4 atom stereocenters. The first-order valence-corrected chi connectivity index (χ1v) is 12.3. The van der Waals surface area contributed by atoms with Crippen molar-refractivity contribution in [2.24, 2.45) is 11.8 Å². The van der Waals surface area contributed by atoms with Crippen LogP contribution in [0.3, 0.4) is 0 Å². The fourth-order valence-corrected chi connectivity index (χ4v) is 5.91. The molecular formula is C29H26N2O6. The molecule has 8 nitrogen and oxygen atoms in total. The summed E-state index contributed by atoms with van der Waals surface area (Å²) in [5.74, 6) is -2.26. The van der Waals surface area contributed by atoms with Gasteiger partial charge in [0.25, 0.3) is 0 Å². The molecule has 3 aromatic carbocycles. The molecule has 2 fully saturated rings. The molecule has 8 heteroatoms. The first-order valence-electron chi connectivity index (χ1n) is 12.3. The van der Waals surface area contributed by atoms with Crippen molar-refractivity contribution in [1.82, 2.24) is 5.32 Å². The SMILES string of the molecule is CCOC(=O)[C@]1(c2ccccc2)N[C@@H](c2ccccc2C)[C@H]2C(=O)N(c3ccc4c(c3)OCO4)C(=O)[C@@H]21. The van der Waals surface area contributed by atoms with Crippen LogP contribution in [0.5, 0.6) is 11.5 Å². The quantitative estimate of drug-likeness (QED) is 0.424. The van der Waals surface area contributed by atoms with Crippen molar-refractivity contribution in [3.63, 3.8) is 0 Å². The summed E-state index contributed by atoms with van der Waals surface area (Å²) in [5.41, 5.74) is 1.21. The maximum absolute atomic E-state index is 14.2. The molecule has 3 heterocycles. The van der Waals surface area contributed by atoms with E-state index in [2.05, 4.69) is 5.32 Å². The van der Waals surface area contributed by atoms with Crippen LogP contribution < -0.4 is 19.7 Å². The van der Waals surface area contributed by atoms with Gasteiger partial charge in [0.2, 0.25) is 18.6 Å². The van der Waals surface area contributed by atoms with E-state index < -0.39 is 35.3 Å². The van der Waals surface area contributed by atoms with Gasteiger partial charge in [0.1, 0.15) is 0 Å². The van der Waals surface area contributed by atoms with Crippen LogP contribution in [0.1, 0.15) is 29.7 Å². The number of carbonyl (C=O) groups is 3. The minimum absolute atomic E-state index is 0.0746. The lowest BCUT2D eigenvalue weighted by molar-refractivity contribution is -0.155. The lowest BCUT2D eigenvalue weighted by Gasteiger charge is -2.33. The number of carbonyl (C=O) groups excluding carboxylic acids is 3. The second-order valence-corrected chi connectivity index (χ2v) is 9.43. The Balaban J connectivity index is 1.55. The number of benzene rings is 3. The Hall–Kier alpha value is -4.17. The predicted molar refractivity (Wildman–Crippen MR) is 134 cm³/mol. The number of esters is 1. The van der Waals surface area contributed by atoms with Gasteiger partial charge < -0.3 is 14.2 Å². The second-order valence-electron chi connectivity index (χ2n) is 9.43. The Morgan fingerprint density at radius 2 is 1.73 bits per heavy atom. The first-order chi connectivity index (χ1) is 18.0. The van der Waals surface area contributed by atoms with Gasteiger partial charge in [0, 0.05) is 12.1 Å². The molecule has 2 amide bonds.